The maximum Gasteiger partial charge on any atom is 0.260 e. The molecule has 0 amide bonds. The minimum atomic E-state index is -3.29. The minimum Gasteiger partial charge on any atom is -0.334 e. The van der Waals surface area contributed by atoms with Crippen molar-refractivity contribution < 1.29 is 12.9 Å². The van der Waals surface area contributed by atoms with E-state index in [1.165, 1.54) is 6.26 Å². The number of rotatable bonds is 4. The maximum atomic E-state index is 12.2. The Bertz CT molecular complexity index is 970. The van der Waals surface area contributed by atoms with Crippen molar-refractivity contribution in [2.45, 2.75) is 24.0 Å². The van der Waals surface area contributed by atoms with Gasteiger partial charge in [-0.1, -0.05) is 17.3 Å². The van der Waals surface area contributed by atoms with Crippen LogP contribution in [-0.4, -0.2) is 29.4 Å². The lowest BCUT2D eigenvalue weighted by atomic mass is 9.83. The van der Waals surface area contributed by atoms with Gasteiger partial charge in [-0.2, -0.15) is 4.98 Å². The second kappa shape index (κ2) is 5.31. The zero-order chi connectivity index (χ0) is 16.8. The topological polar surface area (TPSA) is 78.0 Å². The first-order chi connectivity index (χ1) is 11.5. The van der Waals surface area contributed by atoms with E-state index < -0.39 is 14.6 Å². The minimum absolute atomic E-state index is 0.272. The van der Waals surface area contributed by atoms with Gasteiger partial charge in [0.15, 0.2) is 15.7 Å². The van der Waals surface area contributed by atoms with Crippen molar-refractivity contribution in [3.8, 4) is 17.1 Å². The molecule has 0 N–H and O–H groups in total. The molecular weight excluding hydrogens is 326 g/mol. The smallest absolute Gasteiger partial charge is 0.260 e. The van der Waals surface area contributed by atoms with Crippen molar-refractivity contribution in [1.82, 2.24) is 14.7 Å². The third-order valence-corrected chi connectivity index (χ3v) is 6.73. The van der Waals surface area contributed by atoms with E-state index in [1.54, 1.807) is 0 Å². The van der Waals surface area contributed by atoms with Crippen LogP contribution in [0.3, 0.4) is 0 Å². The number of para-hydroxylation sites is 1. The first kappa shape index (κ1) is 15.1. The Morgan fingerprint density at radius 2 is 1.83 bits per heavy atom. The number of sulfone groups is 1. The SMILES string of the molecule is CS(=O)(=O)C1(c2noc(-c3ccccc3-n3cccc3)n2)CCC1. The van der Waals surface area contributed by atoms with Crippen LogP contribution < -0.4 is 0 Å². The predicted molar refractivity (Wildman–Crippen MR) is 89.4 cm³/mol. The highest BCUT2D eigenvalue weighted by atomic mass is 32.2. The summed E-state index contributed by atoms with van der Waals surface area (Å²) in [4.78, 5) is 4.44. The molecule has 1 aromatic carbocycles. The first-order valence-corrected chi connectivity index (χ1v) is 9.67. The van der Waals surface area contributed by atoms with Gasteiger partial charge < -0.3 is 9.09 Å². The van der Waals surface area contributed by atoms with Gasteiger partial charge in [0.05, 0.1) is 11.3 Å². The molecule has 0 bridgehead atoms. The molecule has 2 heterocycles. The molecule has 0 radical (unpaired) electrons. The fourth-order valence-electron chi connectivity index (χ4n) is 3.15. The van der Waals surface area contributed by atoms with Gasteiger partial charge in [0.1, 0.15) is 4.75 Å². The van der Waals surface area contributed by atoms with Gasteiger partial charge in [0.2, 0.25) is 0 Å². The Hall–Kier alpha value is -2.41. The van der Waals surface area contributed by atoms with Crippen LogP contribution in [0.4, 0.5) is 0 Å². The van der Waals surface area contributed by atoms with E-state index in [9.17, 15) is 8.42 Å². The van der Waals surface area contributed by atoms with Gasteiger partial charge in [-0.05, 0) is 43.5 Å². The molecule has 0 saturated heterocycles. The summed E-state index contributed by atoms with van der Waals surface area (Å²) in [5, 5.41) is 4.00. The average Bonchev–Trinajstić information content (AvgIpc) is 3.16. The van der Waals surface area contributed by atoms with Crippen molar-refractivity contribution in [2.24, 2.45) is 0 Å². The molecule has 0 unspecified atom stereocenters. The summed E-state index contributed by atoms with van der Waals surface area (Å²) in [6.45, 7) is 0. The van der Waals surface area contributed by atoms with Crippen LogP contribution in [0, 0.1) is 0 Å². The highest BCUT2D eigenvalue weighted by Crippen LogP contribution is 2.47. The summed E-state index contributed by atoms with van der Waals surface area (Å²) in [7, 11) is -3.29. The average molecular weight is 343 g/mol. The fraction of sp³-hybridized carbons (Fsp3) is 0.294. The van der Waals surface area contributed by atoms with Crippen LogP contribution in [0.25, 0.3) is 17.1 Å². The Morgan fingerprint density at radius 1 is 1.12 bits per heavy atom. The monoisotopic (exact) mass is 343 g/mol. The molecule has 7 heteroatoms. The third kappa shape index (κ3) is 2.19. The first-order valence-electron chi connectivity index (χ1n) is 7.78. The standard InChI is InChI=1S/C17H17N3O3S/c1-24(21,22)17(9-6-10-17)16-18-15(23-19-16)13-7-2-3-8-14(13)20-11-4-5-12-20/h2-5,7-8,11-12H,6,9-10H2,1H3. The Balaban J connectivity index is 1.80. The van der Waals surface area contributed by atoms with Gasteiger partial charge in [0.25, 0.3) is 5.89 Å². The van der Waals surface area contributed by atoms with E-state index in [1.807, 2.05) is 53.4 Å². The van der Waals surface area contributed by atoms with Crippen molar-refractivity contribution in [1.29, 1.82) is 0 Å². The zero-order valence-corrected chi connectivity index (χ0v) is 14.0. The van der Waals surface area contributed by atoms with Crippen LogP contribution >= 0.6 is 0 Å². The summed E-state index contributed by atoms with van der Waals surface area (Å²) >= 11 is 0. The van der Waals surface area contributed by atoms with E-state index in [0.29, 0.717) is 18.7 Å². The molecule has 1 fully saturated rings. The van der Waals surface area contributed by atoms with Gasteiger partial charge in [-0.15, -0.1) is 0 Å². The lowest BCUT2D eigenvalue weighted by Crippen LogP contribution is -2.42. The van der Waals surface area contributed by atoms with Gasteiger partial charge in [-0.3, -0.25) is 0 Å². The van der Waals surface area contributed by atoms with E-state index in [4.69, 9.17) is 4.52 Å². The van der Waals surface area contributed by atoms with Crippen molar-refractivity contribution in [3.05, 3.63) is 54.6 Å². The Labute approximate surface area is 140 Å². The summed E-state index contributed by atoms with van der Waals surface area (Å²) in [5.41, 5.74) is 1.68. The van der Waals surface area contributed by atoms with Crippen LogP contribution in [0.1, 0.15) is 25.1 Å². The molecular formula is C17H17N3O3S. The molecule has 0 spiro atoms. The summed E-state index contributed by atoms with van der Waals surface area (Å²) < 4.78 is 30.8. The summed E-state index contributed by atoms with van der Waals surface area (Å²) in [5.74, 6) is 0.609. The van der Waals surface area contributed by atoms with Crippen molar-refractivity contribution in [3.63, 3.8) is 0 Å². The number of nitrogens with zero attached hydrogens (tertiary/aromatic N) is 3. The normalized spacial score (nSPS) is 16.7. The second-order valence-corrected chi connectivity index (χ2v) is 8.48. The number of aromatic nitrogens is 3. The quantitative estimate of drug-likeness (QED) is 0.728. The summed E-state index contributed by atoms with van der Waals surface area (Å²) in [6, 6.07) is 11.5. The fourth-order valence-corrected chi connectivity index (χ4v) is 4.60. The summed E-state index contributed by atoms with van der Waals surface area (Å²) in [6.07, 6.45) is 7.06. The highest BCUT2D eigenvalue weighted by molar-refractivity contribution is 7.91. The highest BCUT2D eigenvalue weighted by Gasteiger charge is 2.51. The molecule has 6 nitrogen and oxygen atoms in total. The molecule has 1 aliphatic carbocycles. The van der Waals surface area contributed by atoms with Crippen LogP contribution in [0.2, 0.25) is 0 Å². The lowest BCUT2D eigenvalue weighted by molar-refractivity contribution is 0.314. The molecule has 2 aromatic heterocycles. The molecule has 3 aromatic rings. The largest absolute Gasteiger partial charge is 0.334 e. The third-order valence-electron chi connectivity index (χ3n) is 4.72. The maximum absolute atomic E-state index is 12.2. The Morgan fingerprint density at radius 3 is 2.46 bits per heavy atom. The molecule has 0 aliphatic heterocycles. The van der Waals surface area contributed by atoms with Crippen molar-refractivity contribution in [2.75, 3.05) is 6.26 Å². The van der Waals surface area contributed by atoms with Gasteiger partial charge in [0, 0.05) is 18.6 Å². The van der Waals surface area contributed by atoms with Crippen LogP contribution in [-0.2, 0) is 14.6 Å². The molecule has 4 rings (SSSR count). The zero-order valence-electron chi connectivity index (χ0n) is 13.2. The molecule has 24 heavy (non-hydrogen) atoms. The van der Waals surface area contributed by atoms with Gasteiger partial charge >= 0.3 is 0 Å². The number of hydrogen-bond acceptors (Lipinski definition) is 5. The molecule has 124 valence electrons. The van der Waals surface area contributed by atoms with E-state index in [2.05, 4.69) is 10.1 Å². The van der Waals surface area contributed by atoms with Crippen molar-refractivity contribution >= 4 is 9.84 Å². The second-order valence-electron chi connectivity index (χ2n) is 6.15. The number of benzene rings is 1. The van der Waals surface area contributed by atoms with E-state index in [-0.39, 0.29) is 5.82 Å². The molecule has 1 aliphatic rings. The lowest BCUT2D eigenvalue weighted by Gasteiger charge is -2.36. The van der Waals surface area contributed by atoms with E-state index >= 15 is 0 Å². The Kier molecular flexibility index (Phi) is 3.35. The van der Waals surface area contributed by atoms with Crippen LogP contribution in [0.5, 0.6) is 0 Å². The van der Waals surface area contributed by atoms with Crippen LogP contribution in [0.15, 0.2) is 53.3 Å². The van der Waals surface area contributed by atoms with Gasteiger partial charge in [-0.25, -0.2) is 8.42 Å². The number of hydrogen-bond donors (Lipinski definition) is 0. The molecule has 0 atom stereocenters. The predicted octanol–water partition coefficient (Wildman–Crippen LogP) is 2.95. The van der Waals surface area contributed by atoms with E-state index in [0.717, 1.165) is 17.7 Å². The molecule has 1 saturated carbocycles.